The van der Waals surface area contributed by atoms with E-state index in [1.807, 2.05) is 19.1 Å². The number of hydrogen-bond acceptors (Lipinski definition) is 5. The Kier molecular flexibility index (Phi) is 4.84. The number of pyridine rings is 1. The molecule has 1 N–H and O–H groups in total. The summed E-state index contributed by atoms with van der Waals surface area (Å²) < 4.78 is 5.24. The van der Waals surface area contributed by atoms with Gasteiger partial charge in [-0.3, -0.25) is 15.1 Å². The minimum absolute atomic E-state index is 0.0571. The summed E-state index contributed by atoms with van der Waals surface area (Å²) in [4.78, 5) is 14.5. The molecule has 6 heteroatoms. The van der Waals surface area contributed by atoms with Crippen molar-refractivity contribution in [3.05, 3.63) is 64.0 Å². The summed E-state index contributed by atoms with van der Waals surface area (Å²) in [6.45, 7) is 2.49. The van der Waals surface area contributed by atoms with Crippen molar-refractivity contribution in [2.24, 2.45) is 0 Å². The molecular formula is C15H17N3O3. The van der Waals surface area contributed by atoms with Gasteiger partial charge >= 0.3 is 0 Å². The van der Waals surface area contributed by atoms with Gasteiger partial charge in [0.1, 0.15) is 5.75 Å². The predicted octanol–water partition coefficient (Wildman–Crippen LogP) is 2.85. The van der Waals surface area contributed by atoms with Gasteiger partial charge in [0, 0.05) is 42.7 Å². The topological polar surface area (TPSA) is 77.3 Å². The van der Waals surface area contributed by atoms with E-state index >= 15 is 0 Å². The van der Waals surface area contributed by atoms with Gasteiger partial charge in [0.2, 0.25) is 0 Å². The highest BCUT2D eigenvalue weighted by Gasteiger charge is 2.12. The fourth-order valence-corrected chi connectivity index (χ4v) is 2.03. The molecule has 0 aliphatic heterocycles. The van der Waals surface area contributed by atoms with Crippen molar-refractivity contribution in [1.29, 1.82) is 0 Å². The van der Waals surface area contributed by atoms with Crippen molar-refractivity contribution in [3.8, 4) is 5.75 Å². The van der Waals surface area contributed by atoms with Crippen molar-refractivity contribution >= 4 is 5.69 Å². The zero-order valence-electron chi connectivity index (χ0n) is 11.9. The molecule has 1 aromatic carbocycles. The highest BCUT2D eigenvalue weighted by Crippen LogP contribution is 2.24. The van der Waals surface area contributed by atoms with Crippen LogP contribution in [-0.4, -0.2) is 17.0 Å². The Morgan fingerprint density at radius 2 is 2.24 bits per heavy atom. The van der Waals surface area contributed by atoms with Crippen LogP contribution in [0.2, 0.25) is 0 Å². The Balaban J connectivity index is 2.11. The standard InChI is InChI=1S/C15H17N3O3/c1-11(12-4-3-7-16-9-12)17-10-13-8-14(18(19)20)5-6-15(13)21-2/h3-9,11,17H,10H2,1-2H3. The van der Waals surface area contributed by atoms with Gasteiger partial charge < -0.3 is 10.1 Å². The number of non-ortho nitro benzene ring substituents is 1. The summed E-state index contributed by atoms with van der Waals surface area (Å²) in [5, 5.41) is 14.2. The second-order valence-electron chi connectivity index (χ2n) is 4.64. The number of hydrogen-bond donors (Lipinski definition) is 1. The van der Waals surface area contributed by atoms with Crippen LogP contribution in [0.3, 0.4) is 0 Å². The molecule has 0 radical (unpaired) electrons. The van der Waals surface area contributed by atoms with Crippen LogP contribution in [-0.2, 0) is 6.54 Å². The van der Waals surface area contributed by atoms with E-state index < -0.39 is 4.92 Å². The quantitative estimate of drug-likeness (QED) is 0.653. The summed E-state index contributed by atoms with van der Waals surface area (Å²) >= 11 is 0. The second-order valence-corrected chi connectivity index (χ2v) is 4.64. The van der Waals surface area contributed by atoms with E-state index in [4.69, 9.17) is 4.74 Å². The SMILES string of the molecule is COc1ccc([N+](=O)[O-])cc1CNC(C)c1cccnc1. The minimum Gasteiger partial charge on any atom is -0.496 e. The fourth-order valence-electron chi connectivity index (χ4n) is 2.03. The maximum Gasteiger partial charge on any atom is 0.270 e. The van der Waals surface area contributed by atoms with Gasteiger partial charge in [-0.15, -0.1) is 0 Å². The van der Waals surface area contributed by atoms with E-state index in [1.54, 1.807) is 25.6 Å². The molecule has 0 fully saturated rings. The summed E-state index contributed by atoms with van der Waals surface area (Å²) in [5.74, 6) is 0.631. The van der Waals surface area contributed by atoms with Crippen LogP contribution in [0.1, 0.15) is 24.1 Å². The zero-order valence-corrected chi connectivity index (χ0v) is 11.9. The molecule has 6 nitrogen and oxygen atoms in total. The molecule has 110 valence electrons. The van der Waals surface area contributed by atoms with E-state index in [2.05, 4.69) is 10.3 Å². The molecular weight excluding hydrogens is 270 g/mol. The lowest BCUT2D eigenvalue weighted by Gasteiger charge is -2.15. The van der Waals surface area contributed by atoms with Crippen LogP contribution in [0.25, 0.3) is 0 Å². The largest absolute Gasteiger partial charge is 0.496 e. The van der Waals surface area contributed by atoms with E-state index in [0.29, 0.717) is 12.3 Å². The number of nitrogens with one attached hydrogen (secondary N) is 1. The van der Waals surface area contributed by atoms with Gasteiger partial charge in [-0.1, -0.05) is 6.07 Å². The lowest BCUT2D eigenvalue weighted by atomic mass is 10.1. The van der Waals surface area contributed by atoms with Gasteiger partial charge in [-0.05, 0) is 24.6 Å². The van der Waals surface area contributed by atoms with Crippen LogP contribution >= 0.6 is 0 Å². The van der Waals surface area contributed by atoms with Crippen molar-refractivity contribution in [2.75, 3.05) is 7.11 Å². The van der Waals surface area contributed by atoms with Crippen LogP contribution in [0.4, 0.5) is 5.69 Å². The first-order valence-electron chi connectivity index (χ1n) is 6.56. The third-order valence-corrected chi connectivity index (χ3v) is 3.26. The highest BCUT2D eigenvalue weighted by atomic mass is 16.6. The van der Waals surface area contributed by atoms with Crippen molar-refractivity contribution in [3.63, 3.8) is 0 Å². The molecule has 0 amide bonds. The highest BCUT2D eigenvalue weighted by molar-refractivity contribution is 5.43. The number of methoxy groups -OCH3 is 1. The van der Waals surface area contributed by atoms with Crippen molar-refractivity contribution in [1.82, 2.24) is 10.3 Å². The van der Waals surface area contributed by atoms with E-state index in [1.165, 1.54) is 12.1 Å². The molecule has 2 rings (SSSR count). The number of nitro benzene ring substituents is 1. The van der Waals surface area contributed by atoms with Gasteiger partial charge in [0.25, 0.3) is 5.69 Å². The van der Waals surface area contributed by atoms with Crippen LogP contribution in [0.15, 0.2) is 42.7 Å². The van der Waals surface area contributed by atoms with Gasteiger partial charge in [-0.25, -0.2) is 0 Å². The van der Waals surface area contributed by atoms with Gasteiger partial charge in [-0.2, -0.15) is 0 Å². The Bertz CT molecular complexity index is 617. The predicted molar refractivity (Wildman–Crippen MR) is 79.1 cm³/mol. The normalized spacial score (nSPS) is 11.9. The molecule has 0 saturated carbocycles. The molecule has 0 saturated heterocycles. The molecule has 21 heavy (non-hydrogen) atoms. The Labute approximate surface area is 122 Å². The first kappa shape index (κ1) is 14.9. The average Bonchev–Trinajstić information content (AvgIpc) is 2.53. The summed E-state index contributed by atoms with van der Waals surface area (Å²) in [6.07, 6.45) is 3.52. The third kappa shape index (κ3) is 3.76. The van der Waals surface area contributed by atoms with Gasteiger partial charge in [0.05, 0.1) is 12.0 Å². The average molecular weight is 287 g/mol. The first-order valence-corrected chi connectivity index (χ1v) is 6.56. The second kappa shape index (κ2) is 6.81. The molecule has 1 aromatic heterocycles. The first-order chi connectivity index (χ1) is 10.1. The van der Waals surface area contributed by atoms with Crippen LogP contribution < -0.4 is 10.1 Å². The number of aromatic nitrogens is 1. The number of rotatable bonds is 6. The molecule has 1 unspecified atom stereocenters. The Hall–Kier alpha value is -2.47. The Morgan fingerprint density at radius 3 is 2.86 bits per heavy atom. The van der Waals surface area contributed by atoms with E-state index in [-0.39, 0.29) is 11.7 Å². The molecule has 1 atom stereocenters. The smallest absolute Gasteiger partial charge is 0.270 e. The molecule has 0 bridgehead atoms. The van der Waals surface area contributed by atoms with E-state index in [0.717, 1.165) is 11.1 Å². The number of ether oxygens (including phenoxy) is 1. The molecule has 0 spiro atoms. The molecule has 0 aliphatic rings. The van der Waals surface area contributed by atoms with E-state index in [9.17, 15) is 10.1 Å². The molecule has 1 heterocycles. The van der Waals surface area contributed by atoms with Gasteiger partial charge in [0.15, 0.2) is 0 Å². The molecule has 0 aliphatic carbocycles. The molecule has 2 aromatic rings. The minimum atomic E-state index is -0.409. The lowest BCUT2D eigenvalue weighted by Crippen LogP contribution is -2.18. The maximum absolute atomic E-state index is 10.8. The van der Waals surface area contributed by atoms with Crippen molar-refractivity contribution < 1.29 is 9.66 Å². The fraction of sp³-hybridized carbons (Fsp3) is 0.267. The van der Waals surface area contributed by atoms with Crippen molar-refractivity contribution in [2.45, 2.75) is 19.5 Å². The van der Waals surface area contributed by atoms with Crippen LogP contribution in [0.5, 0.6) is 5.75 Å². The monoisotopic (exact) mass is 287 g/mol. The zero-order chi connectivity index (χ0) is 15.2. The summed E-state index contributed by atoms with van der Waals surface area (Å²) in [7, 11) is 1.55. The number of nitro groups is 1. The summed E-state index contributed by atoms with van der Waals surface area (Å²) in [5.41, 5.74) is 1.87. The number of nitrogens with zero attached hydrogens (tertiary/aromatic N) is 2. The Morgan fingerprint density at radius 1 is 1.43 bits per heavy atom. The number of benzene rings is 1. The third-order valence-electron chi connectivity index (χ3n) is 3.26. The maximum atomic E-state index is 10.8. The summed E-state index contributed by atoms with van der Waals surface area (Å²) in [6, 6.07) is 8.53. The van der Waals surface area contributed by atoms with Crippen LogP contribution in [0, 0.1) is 10.1 Å². The lowest BCUT2D eigenvalue weighted by molar-refractivity contribution is -0.384.